The fourth-order valence-corrected chi connectivity index (χ4v) is 0.144. The zero-order valence-corrected chi connectivity index (χ0v) is 3.59. The van der Waals surface area contributed by atoms with Crippen LogP contribution in [0, 0.1) is 17.0 Å². The van der Waals surface area contributed by atoms with Crippen LogP contribution < -0.4 is 0 Å². The Bertz CT molecular complexity index is 86.4. The van der Waals surface area contributed by atoms with Gasteiger partial charge < -0.3 is 0 Å². The second kappa shape index (κ2) is 2.28. The van der Waals surface area contributed by atoms with Crippen LogP contribution in [0.25, 0.3) is 0 Å². The quantitative estimate of drug-likeness (QED) is 0.354. The van der Waals surface area contributed by atoms with Crippen molar-refractivity contribution in [2.45, 2.75) is 0 Å². The standard InChI is InChI=1S/C3H4NO3/c1-3(5)2-4(6)7/h1-2H2. The van der Waals surface area contributed by atoms with E-state index in [1.54, 1.807) is 0 Å². The van der Waals surface area contributed by atoms with Gasteiger partial charge in [-0.15, -0.1) is 0 Å². The summed E-state index contributed by atoms with van der Waals surface area (Å²) in [5.41, 5.74) is 0. The zero-order chi connectivity index (χ0) is 5.86. The summed E-state index contributed by atoms with van der Waals surface area (Å²) in [5.74, 6) is -0.662. The topological polar surface area (TPSA) is 60.2 Å². The molecule has 39 valence electrons. The number of carbonyl (C=O) groups excluding carboxylic acids is 1. The summed E-state index contributed by atoms with van der Waals surface area (Å²) in [6.07, 6.45) is 0. The smallest absolute Gasteiger partial charge is 0.261 e. The van der Waals surface area contributed by atoms with Crippen LogP contribution in [0.5, 0.6) is 0 Å². The predicted octanol–water partition coefficient (Wildman–Crippen LogP) is -0.334. The van der Waals surface area contributed by atoms with E-state index in [2.05, 4.69) is 6.92 Å². The monoisotopic (exact) mass is 102 g/mol. The van der Waals surface area contributed by atoms with Crippen LogP contribution in [0.3, 0.4) is 0 Å². The van der Waals surface area contributed by atoms with Crippen LogP contribution in [-0.2, 0) is 4.79 Å². The molecule has 0 aliphatic rings. The maximum Gasteiger partial charge on any atom is 0.261 e. The minimum absolute atomic E-state index is 0.662. The van der Waals surface area contributed by atoms with Crippen molar-refractivity contribution in [3.63, 3.8) is 0 Å². The van der Waals surface area contributed by atoms with Gasteiger partial charge in [0, 0.05) is 11.8 Å². The molecule has 0 heterocycles. The van der Waals surface area contributed by atoms with Crippen LogP contribution in [0.1, 0.15) is 0 Å². The summed E-state index contributed by atoms with van der Waals surface area (Å²) in [5, 5.41) is 9.35. The van der Waals surface area contributed by atoms with Crippen molar-refractivity contribution in [3.8, 4) is 0 Å². The van der Waals surface area contributed by atoms with Gasteiger partial charge >= 0.3 is 0 Å². The van der Waals surface area contributed by atoms with Crippen LogP contribution in [0.15, 0.2) is 0 Å². The molecule has 0 unspecified atom stereocenters. The number of carbonyl (C=O) groups is 1. The van der Waals surface area contributed by atoms with E-state index >= 15 is 0 Å². The van der Waals surface area contributed by atoms with E-state index in [-0.39, 0.29) is 0 Å². The minimum atomic E-state index is -0.713. The SMILES string of the molecule is [CH2]C(=O)C[N+](=O)[O-]. The molecule has 0 saturated heterocycles. The van der Waals surface area contributed by atoms with Crippen molar-refractivity contribution in [1.82, 2.24) is 0 Å². The van der Waals surface area contributed by atoms with Crippen LogP contribution in [0.2, 0.25) is 0 Å². The number of nitrogens with zero attached hydrogens (tertiary/aromatic N) is 1. The van der Waals surface area contributed by atoms with Crippen LogP contribution >= 0.6 is 0 Å². The lowest BCUT2D eigenvalue weighted by Crippen LogP contribution is -2.08. The lowest BCUT2D eigenvalue weighted by Gasteiger charge is -1.80. The average molecular weight is 102 g/mol. The molecule has 0 amide bonds. The maximum atomic E-state index is 9.70. The fraction of sp³-hybridized carbons (Fsp3) is 0.333. The normalized spacial score (nSPS) is 8.14. The first-order valence-electron chi connectivity index (χ1n) is 1.59. The summed E-state index contributed by atoms with van der Waals surface area (Å²) in [6.45, 7) is 2.13. The highest BCUT2D eigenvalue weighted by Gasteiger charge is 1.99. The summed E-state index contributed by atoms with van der Waals surface area (Å²) < 4.78 is 0. The number of Topliss-reactive ketones (excluding diaryl/α,β-unsaturated/α-hetero) is 1. The van der Waals surface area contributed by atoms with E-state index in [0.717, 1.165) is 0 Å². The Morgan fingerprint density at radius 3 is 2.29 bits per heavy atom. The second-order valence-electron chi connectivity index (χ2n) is 1.03. The first-order chi connectivity index (χ1) is 3.13. The lowest BCUT2D eigenvalue weighted by atomic mass is 10.5. The van der Waals surface area contributed by atoms with E-state index < -0.39 is 17.3 Å². The van der Waals surface area contributed by atoms with E-state index in [1.165, 1.54) is 0 Å². The minimum Gasteiger partial charge on any atom is -0.292 e. The van der Waals surface area contributed by atoms with Gasteiger partial charge in [0.1, 0.15) is 0 Å². The molecule has 4 heteroatoms. The number of rotatable bonds is 2. The summed E-state index contributed by atoms with van der Waals surface area (Å²) in [4.78, 5) is 18.3. The van der Waals surface area contributed by atoms with Crippen molar-refractivity contribution in [3.05, 3.63) is 17.0 Å². The summed E-state index contributed by atoms with van der Waals surface area (Å²) in [6, 6.07) is 0. The Hall–Kier alpha value is -0.930. The van der Waals surface area contributed by atoms with Gasteiger partial charge in [-0.3, -0.25) is 14.9 Å². The van der Waals surface area contributed by atoms with E-state index in [0.29, 0.717) is 0 Å². The molecule has 7 heavy (non-hydrogen) atoms. The van der Waals surface area contributed by atoms with Gasteiger partial charge in [-0.2, -0.15) is 0 Å². The highest BCUT2D eigenvalue weighted by atomic mass is 16.6. The van der Waals surface area contributed by atoms with Crippen molar-refractivity contribution in [2.24, 2.45) is 0 Å². The van der Waals surface area contributed by atoms with Gasteiger partial charge in [0.25, 0.3) is 6.54 Å². The van der Waals surface area contributed by atoms with E-state index in [4.69, 9.17) is 0 Å². The highest BCUT2D eigenvalue weighted by molar-refractivity contribution is 5.83. The Balaban J connectivity index is 3.32. The molecule has 0 aliphatic heterocycles. The molecule has 0 rings (SSSR count). The van der Waals surface area contributed by atoms with Gasteiger partial charge in [-0.1, -0.05) is 0 Å². The highest BCUT2D eigenvalue weighted by Crippen LogP contribution is 1.67. The van der Waals surface area contributed by atoms with Crippen molar-refractivity contribution >= 4 is 5.78 Å². The maximum absolute atomic E-state index is 9.70. The third kappa shape index (κ3) is 5.07. The largest absolute Gasteiger partial charge is 0.292 e. The summed E-state index contributed by atoms with van der Waals surface area (Å²) >= 11 is 0. The van der Waals surface area contributed by atoms with Gasteiger partial charge in [0.05, 0.1) is 0 Å². The molecule has 0 aromatic heterocycles. The fourth-order valence-electron chi connectivity index (χ4n) is 0.144. The number of hydrogen-bond donors (Lipinski definition) is 0. The second-order valence-corrected chi connectivity index (χ2v) is 1.03. The van der Waals surface area contributed by atoms with Gasteiger partial charge in [0.2, 0.25) is 5.78 Å². The predicted molar refractivity (Wildman–Crippen MR) is 22.2 cm³/mol. The molecule has 0 atom stereocenters. The average Bonchev–Trinajstić information content (AvgIpc) is 1.27. The van der Waals surface area contributed by atoms with Gasteiger partial charge in [-0.25, -0.2) is 0 Å². The molecule has 1 radical (unpaired) electrons. The lowest BCUT2D eigenvalue weighted by molar-refractivity contribution is -0.466. The van der Waals surface area contributed by atoms with E-state index in [1.807, 2.05) is 0 Å². The summed E-state index contributed by atoms with van der Waals surface area (Å²) in [7, 11) is 0. The molecule has 4 nitrogen and oxygen atoms in total. The van der Waals surface area contributed by atoms with Crippen LogP contribution in [-0.4, -0.2) is 17.3 Å². The molecular formula is C3H4NO3. The first-order valence-corrected chi connectivity index (χ1v) is 1.59. The van der Waals surface area contributed by atoms with Gasteiger partial charge in [0.15, 0.2) is 0 Å². The number of ketones is 1. The molecule has 0 aromatic carbocycles. The molecule has 0 saturated carbocycles. The Kier molecular flexibility index (Phi) is 1.98. The zero-order valence-electron chi connectivity index (χ0n) is 3.59. The molecule has 0 aromatic rings. The Morgan fingerprint density at radius 1 is 1.86 bits per heavy atom. The van der Waals surface area contributed by atoms with Crippen molar-refractivity contribution in [1.29, 1.82) is 0 Å². The number of hydrogen-bond acceptors (Lipinski definition) is 3. The van der Waals surface area contributed by atoms with Crippen molar-refractivity contribution < 1.29 is 9.72 Å². The molecule has 0 N–H and O–H groups in total. The molecule has 0 spiro atoms. The van der Waals surface area contributed by atoms with E-state index in [9.17, 15) is 14.9 Å². The van der Waals surface area contributed by atoms with Gasteiger partial charge in [-0.05, 0) is 0 Å². The Labute approximate surface area is 40.3 Å². The Morgan fingerprint density at radius 2 is 2.29 bits per heavy atom. The first kappa shape index (κ1) is 6.07. The third-order valence-corrected chi connectivity index (χ3v) is 0.305. The molecule has 0 fully saturated rings. The third-order valence-electron chi connectivity index (χ3n) is 0.305. The number of nitro groups is 1. The van der Waals surface area contributed by atoms with Crippen molar-refractivity contribution in [2.75, 3.05) is 6.54 Å². The molecule has 0 bridgehead atoms. The molecule has 0 aliphatic carbocycles. The molecular weight excluding hydrogens is 98.0 g/mol. The van der Waals surface area contributed by atoms with Crippen LogP contribution in [0.4, 0.5) is 0 Å².